The van der Waals surface area contributed by atoms with Gasteiger partial charge >= 0.3 is 0 Å². The van der Waals surface area contributed by atoms with Crippen molar-refractivity contribution in [2.45, 2.75) is 268 Å². The summed E-state index contributed by atoms with van der Waals surface area (Å²) in [6, 6.07) is 0. The summed E-state index contributed by atoms with van der Waals surface area (Å²) in [5.74, 6) is 4.65. The number of rotatable bonds is 0. The van der Waals surface area contributed by atoms with Gasteiger partial charge in [0.25, 0.3) is 0 Å². The lowest BCUT2D eigenvalue weighted by atomic mass is 9.56. The fourth-order valence-corrected chi connectivity index (χ4v) is 10.1. The molecule has 0 N–H and O–H groups in total. The monoisotopic (exact) mass is 916 g/mol. The lowest BCUT2D eigenvalue weighted by molar-refractivity contribution is -0.0345. The van der Waals surface area contributed by atoms with Crippen LogP contribution < -0.4 is 0 Å². The van der Waals surface area contributed by atoms with Crippen LogP contribution in [0, 0.1) is 56.7 Å². The highest BCUT2D eigenvalue weighted by Gasteiger charge is 2.43. The van der Waals surface area contributed by atoms with Crippen LogP contribution in [0.15, 0.2) is 0 Å². The fraction of sp³-hybridized carbons (Fsp3) is 1.00. The Balaban J connectivity index is 0.000000407. The third-order valence-corrected chi connectivity index (χ3v) is 16.8. The summed E-state index contributed by atoms with van der Waals surface area (Å²) in [5.41, 5.74) is 4.35. The molecule has 65 heavy (non-hydrogen) atoms. The van der Waals surface area contributed by atoms with Crippen LogP contribution in [0.25, 0.3) is 0 Å². The number of hydrogen-bond donors (Lipinski definition) is 0. The van der Waals surface area contributed by atoms with Crippen molar-refractivity contribution in [1.29, 1.82) is 0 Å². The lowest BCUT2D eigenvalue weighted by Crippen LogP contribution is -2.59. The van der Waals surface area contributed by atoms with Crippen LogP contribution >= 0.6 is 0 Å². The van der Waals surface area contributed by atoms with Gasteiger partial charge in [-0.25, -0.2) is 0 Å². The molecule has 5 aliphatic rings. The zero-order valence-electron chi connectivity index (χ0n) is 50.7. The summed E-state index contributed by atoms with van der Waals surface area (Å²) in [7, 11) is 0. The maximum Gasteiger partial charge on any atom is 0.0126 e. The van der Waals surface area contributed by atoms with Crippen molar-refractivity contribution in [2.75, 3.05) is 65.4 Å². The van der Waals surface area contributed by atoms with Crippen molar-refractivity contribution in [3.05, 3.63) is 0 Å². The van der Waals surface area contributed by atoms with Crippen molar-refractivity contribution < 1.29 is 0 Å². The third kappa shape index (κ3) is 22.2. The number of piperidine rings is 1. The van der Waals surface area contributed by atoms with Gasteiger partial charge in [0.2, 0.25) is 0 Å². The minimum Gasteiger partial charge on any atom is -0.298 e. The molecule has 5 rings (SSSR count). The lowest BCUT2D eigenvalue weighted by Gasteiger charge is -2.52. The molecule has 4 heterocycles. The van der Waals surface area contributed by atoms with Gasteiger partial charge in [0.15, 0.2) is 0 Å². The van der Waals surface area contributed by atoms with E-state index in [1.165, 1.54) is 97.6 Å². The minimum absolute atomic E-state index is 0.337. The molecule has 1 aliphatic carbocycles. The SMILES string of the molecule is CC(C)(C)C1CC(C(C)(C)C)C1.CC(C)(C)C1CCN(C(C)(C)C)C1.CC(C)(C)C1CCN(C(C)(C)C)CC1.CC(C)(C)C1CN(C(C)(C)C)C1.CC(C)(C)N1CCN(C(C)(C)C)CC1. The first-order chi connectivity index (χ1) is 28.6. The second-order valence-corrected chi connectivity index (χ2v) is 32.3. The molecule has 1 saturated carbocycles. The largest absolute Gasteiger partial charge is 0.298 e. The van der Waals surface area contributed by atoms with E-state index in [1.807, 2.05) is 0 Å². The number of hydrogen-bond acceptors (Lipinski definition) is 5. The summed E-state index contributed by atoms with van der Waals surface area (Å²) >= 11 is 0. The Kier molecular flexibility index (Phi) is 22.1. The molecular formula is C60H125N5. The first-order valence-corrected chi connectivity index (χ1v) is 27.3. The Morgan fingerprint density at radius 1 is 0.215 bits per heavy atom. The summed E-state index contributed by atoms with van der Waals surface area (Å²) in [4.78, 5) is 12.9. The predicted molar refractivity (Wildman–Crippen MR) is 294 cm³/mol. The van der Waals surface area contributed by atoms with E-state index in [0.717, 1.165) is 29.6 Å². The molecule has 0 aromatic heterocycles. The molecule has 4 saturated heterocycles. The smallest absolute Gasteiger partial charge is 0.0126 e. The molecule has 5 nitrogen and oxygen atoms in total. The summed E-state index contributed by atoms with van der Waals surface area (Å²) in [6.45, 7) is 82.7. The van der Waals surface area contributed by atoms with E-state index in [9.17, 15) is 0 Å². The minimum atomic E-state index is 0.337. The van der Waals surface area contributed by atoms with Crippen molar-refractivity contribution in [1.82, 2.24) is 24.5 Å². The molecule has 4 aliphatic heterocycles. The first kappa shape index (κ1) is 62.8. The summed E-state index contributed by atoms with van der Waals surface area (Å²) in [5, 5.41) is 0. The molecule has 1 unspecified atom stereocenters. The Labute approximate surface area is 412 Å². The van der Waals surface area contributed by atoms with Gasteiger partial charge in [0, 0.05) is 73.5 Å². The topological polar surface area (TPSA) is 16.2 Å². The Morgan fingerprint density at radius 2 is 0.431 bits per heavy atom. The van der Waals surface area contributed by atoms with Crippen LogP contribution in [0.5, 0.6) is 0 Å². The standard InChI is InChI=1S/C13H27N.C12H26N2.C12H25N.C12H24.C11H23N/c1-12(2,3)11-7-9-14(10-8-11)13(4,5)6;1-11(2,3)13-7-9-14(10-8-13)12(4,5)6;1-11(2,3)10-7-8-13(9-10)12(4,5)6;1-11(2,3)9-7-10(8-9)12(4,5)6;1-10(2,3)9-7-12(8-9)11(4,5)6/h11H,7-10H2,1-6H3;7-10H2,1-6H3;10H,7-9H2,1-6H3;9-10H,7-8H2,1-6H3;9H,7-8H2,1-6H3. The molecule has 0 aromatic carbocycles. The second kappa shape index (κ2) is 22.9. The molecular weight excluding hydrogens is 791 g/mol. The Morgan fingerprint density at radius 3 is 0.646 bits per heavy atom. The van der Waals surface area contributed by atoms with E-state index in [4.69, 9.17) is 0 Å². The quantitative estimate of drug-likeness (QED) is 0.240. The molecule has 0 aromatic rings. The maximum atomic E-state index is 2.62. The van der Waals surface area contributed by atoms with Crippen LogP contribution in [0.3, 0.4) is 0 Å². The zero-order chi connectivity index (χ0) is 51.4. The molecule has 390 valence electrons. The van der Waals surface area contributed by atoms with Crippen LogP contribution in [-0.4, -0.2) is 118 Å². The number of piperazine rings is 1. The molecule has 1 atom stereocenters. The maximum absolute atomic E-state index is 2.62. The summed E-state index contributed by atoms with van der Waals surface area (Å²) < 4.78 is 0. The average Bonchev–Trinajstić information content (AvgIpc) is 3.53. The Hall–Kier alpha value is -0.200. The van der Waals surface area contributed by atoms with Crippen molar-refractivity contribution in [3.8, 4) is 0 Å². The zero-order valence-corrected chi connectivity index (χ0v) is 50.7. The van der Waals surface area contributed by atoms with E-state index in [0.29, 0.717) is 54.8 Å². The molecule has 0 bridgehead atoms. The van der Waals surface area contributed by atoms with E-state index < -0.39 is 0 Å². The van der Waals surface area contributed by atoms with Crippen LogP contribution in [0.1, 0.15) is 240 Å². The first-order valence-electron chi connectivity index (χ1n) is 27.3. The van der Waals surface area contributed by atoms with E-state index in [2.05, 4.69) is 232 Å². The van der Waals surface area contributed by atoms with Crippen LogP contribution in [0.2, 0.25) is 0 Å². The van der Waals surface area contributed by atoms with Gasteiger partial charge in [-0.15, -0.1) is 0 Å². The number of nitrogens with zero attached hydrogens (tertiary/aromatic N) is 5. The molecule has 5 fully saturated rings. The normalized spacial score (nSPS) is 25.1. The van der Waals surface area contributed by atoms with Gasteiger partial charge in [-0.3, -0.25) is 24.5 Å². The van der Waals surface area contributed by atoms with Gasteiger partial charge in [-0.1, -0.05) is 104 Å². The van der Waals surface area contributed by atoms with E-state index in [-0.39, 0.29) is 0 Å². The van der Waals surface area contributed by atoms with Gasteiger partial charge in [-0.2, -0.15) is 0 Å². The van der Waals surface area contributed by atoms with Gasteiger partial charge in [0.05, 0.1) is 0 Å². The van der Waals surface area contributed by atoms with E-state index in [1.54, 1.807) is 0 Å². The number of likely N-dealkylation sites (tertiary alicyclic amines) is 3. The molecule has 0 radical (unpaired) electrons. The van der Waals surface area contributed by atoms with Crippen LogP contribution in [-0.2, 0) is 0 Å². The molecule has 5 heteroatoms. The highest BCUT2D eigenvalue weighted by molar-refractivity contribution is 4.95. The Bertz CT molecular complexity index is 1130. The highest BCUT2D eigenvalue weighted by Crippen LogP contribution is 2.51. The highest BCUT2D eigenvalue weighted by atomic mass is 15.3. The second-order valence-electron chi connectivity index (χ2n) is 32.3. The van der Waals surface area contributed by atoms with Crippen molar-refractivity contribution >= 4 is 0 Å². The van der Waals surface area contributed by atoms with E-state index >= 15 is 0 Å². The van der Waals surface area contributed by atoms with Gasteiger partial charge in [-0.05, 0) is 212 Å². The molecule has 0 spiro atoms. The van der Waals surface area contributed by atoms with Crippen molar-refractivity contribution in [2.24, 2.45) is 56.7 Å². The average molecular weight is 917 g/mol. The van der Waals surface area contributed by atoms with Gasteiger partial charge in [0.1, 0.15) is 0 Å². The fourth-order valence-electron chi connectivity index (χ4n) is 10.1. The summed E-state index contributed by atoms with van der Waals surface area (Å²) in [6.07, 6.45) is 7.03. The van der Waals surface area contributed by atoms with Gasteiger partial charge < -0.3 is 0 Å². The van der Waals surface area contributed by atoms with Crippen LogP contribution in [0.4, 0.5) is 0 Å². The predicted octanol–water partition coefficient (Wildman–Crippen LogP) is 15.8. The third-order valence-electron chi connectivity index (χ3n) is 16.8. The molecule has 0 amide bonds. The van der Waals surface area contributed by atoms with Crippen molar-refractivity contribution in [3.63, 3.8) is 0 Å².